The number of hydrogen-bond donors (Lipinski definition) is 2. The van der Waals surface area contributed by atoms with Crippen molar-refractivity contribution in [2.75, 3.05) is 13.2 Å². The van der Waals surface area contributed by atoms with Crippen molar-refractivity contribution < 1.29 is 14.3 Å². The van der Waals surface area contributed by atoms with Crippen LogP contribution >= 0.6 is 0 Å². The molecule has 0 aliphatic rings. The highest BCUT2D eigenvalue weighted by molar-refractivity contribution is 5.84. The van der Waals surface area contributed by atoms with E-state index < -0.39 is 0 Å². The summed E-state index contributed by atoms with van der Waals surface area (Å²) < 4.78 is 11.5. The van der Waals surface area contributed by atoms with Gasteiger partial charge in [0.05, 0.1) is 0 Å². The number of fused-ring (bicyclic) bond motifs is 1. The van der Waals surface area contributed by atoms with E-state index in [1.807, 2.05) is 73.8 Å². The first-order valence-corrected chi connectivity index (χ1v) is 10.8. The average molecular weight is 429 g/mol. The fourth-order valence-electron chi connectivity index (χ4n) is 3.54. The second-order valence-electron chi connectivity index (χ2n) is 7.93. The summed E-state index contributed by atoms with van der Waals surface area (Å²) in [4.78, 5) is 15.4. The number of H-pyrrole nitrogens is 1. The second kappa shape index (κ2) is 10.1. The lowest BCUT2D eigenvalue weighted by molar-refractivity contribution is -0.123. The normalized spacial score (nSPS) is 10.8. The summed E-state index contributed by atoms with van der Waals surface area (Å²) in [6.45, 7) is 5.18. The van der Waals surface area contributed by atoms with Crippen LogP contribution in [0.4, 0.5) is 0 Å². The minimum absolute atomic E-state index is 0.0124. The molecule has 0 unspecified atom stereocenters. The van der Waals surface area contributed by atoms with E-state index in [2.05, 4.69) is 23.3 Å². The molecule has 1 heterocycles. The first-order valence-electron chi connectivity index (χ1n) is 10.8. The summed E-state index contributed by atoms with van der Waals surface area (Å²) in [5.74, 6) is 1.41. The maximum Gasteiger partial charge on any atom is 0.257 e. The average Bonchev–Trinajstić information content (AvgIpc) is 3.21. The Bertz CT molecular complexity index is 1200. The Morgan fingerprint density at radius 2 is 1.69 bits per heavy atom. The highest BCUT2D eigenvalue weighted by atomic mass is 16.5. The van der Waals surface area contributed by atoms with Crippen LogP contribution in [-0.4, -0.2) is 24.0 Å². The van der Waals surface area contributed by atoms with Gasteiger partial charge in [-0.05, 0) is 66.8 Å². The molecule has 0 saturated carbocycles. The molecule has 1 amide bonds. The Balaban J connectivity index is 1.26. The van der Waals surface area contributed by atoms with Gasteiger partial charge in [0.2, 0.25) is 0 Å². The first-order chi connectivity index (χ1) is 15.6. The number of hydrogen-bond acceptors (Lipinski definition) is 3. The standard InChI is InChI=1S/C27H28N2O3/c1-19-8-9-23(14-20(19)2)32-18-27(30)28-13-12-22-16-29-26-15-24(10-11-25(22)26)31-17-21-6-4-3-5-7-21/h3-11,14-16,29H,12-13,17-18H2,1-2H3,(H,28,30). The van der Waals surface area contributed by atoms with Gasteiger partial charge in [-0.15, -0.1) is 0 Å². The van der Waals surface area contributed by atoms with Gasteiger partial charge in [0, 0.05) is 29.7 Å². The zero-order valence-electron chi connectivity index (χ0n) is 18.5. The molecule has 5 nitrogen and oxygen atoms in total. The number of aromatic nitrogens is 1. The van der Waals surface area contributed by atoms with Crippen molar-refractivity contribution in [3.8, 4) is 11.5 Å². The van der Waals surface area contributed by atoms with E-state index in [-0.39, 0.29) is 12.5 Å². The third-order valence-electron chi connectivity index (χ3n) is 5.55. The molecule has 0 aliphatic heterocycles. The molecule has 0 bridgehead atoms. The molecular weight excluding hydrogens is 400 g/mol. The smallest absolute Gasteiger partial charge is 0.257 e. The van der Waals surface area contributed by atoms with E-state index in [0.29, 0.717) is 18.9 Å². The van der Waals surface area contributed by atoms with Gasteiger partial charge >= 0.3 is 0 Å². The van der Waals surface area contributed by atoms with E-state index in [4.69, 9.17) is 9.47 Å². The van der Waals surface area contributed by atoms with Crippen molar-refractivity contribution in [2.24, 2.45) is 0 Å². The summed E-state index contributed by atoms with van der Waals surface area (Å²) in [5.41, 5.74) is 5.67. The Hall–Kier alpha value is -3.73. The Kier molecular flexibility index (Phi) is 6.75. The molecule has 3 aromatic carbocycles. The van der Waals surface area contributed by atoms with Crippen LogP contribution in [-0.2, 0) is 17.8 Å². The van der Waals surface area contributed by atoms with Gasteiger partial charge in [-0.25, -0.2) is 0 Å². The van der Waals surface area contributed by atoms with Gasteiger partial charge in [-0.3, -0.25) is 4.79 Å². The van der Waals surface area contributed by atoms with Gasteiger partial charge in [0.15, 0.2) is 6.61 Å². The summed E-state index contributed by atoms with van der Waals surface area (Å²) in [6.07, 6.45) is 2.73. The quantitative estimate of drug-likeness (QED) is 0.390. The van der Waals surface area contributed by atoms with Gasteiger partial charge in [-0.1, -0.05) is 36.4 Å². The zero-order valence-corrected chi connectivity index (χ0v) is 18.5. The Morgan fingerprint density at radius 3 is 2.50 bits per heavy atom. The highest BCUT2D eigenvalue weighted by Crippen LogP contribution is 2.24. The number of benzene rings is 3. The molecule has 0 atom stereocenters. The molecule has 4 aromatic rings. The topological polar surface area (TPSA) is 63.3 Å². The van der Waals surface area contributed by atoms with Crippen molar-refractivity contribution >= 4 is 16.8 Å². The minimum Gasteiger partial charge on any atom is -0.489 e. The zero-order chi connectivity index (χ0) is 22.3. The van der Waals surface area contributed by atoms with Crippen LogP contribution < -0.4 is 14.8 Å². The van der Waals surface area contributed by atoms with Gasteiger partial charge in [-0.2, -0.15) is 0 Å². The number of aryl methyl sites for hydroxylation is 2. The first kappa shape index (κ1) is 21.5. The predicted molar refractivity (Wildman–Crippen MR) is 127 cm³/mol. The van der Waals surface area contributed by atoms with Crippen LogP contribution in [0, 0.1) is 13.8 Å². The summed E-state index contributed by atoms with van der Waals surface area (Å²) in [6, 6.07) is 22.0. The molecule has 0 aliphatic carbocycles. The second-order valence-corrected chi connectivity index (χ2v) is 7.93. The molecule has 0 radical (unpaired) electrons. The Labute approximate surface area is 188 Å². The molecule has 1 aromatic heterocycles. The van der Waals surface area contributed by atoms with Crippen LogP contribution in [0.2, 0.25) is 0 Å². The lowest BCUT2D eigenvalue weighted by Crippen LogP contribution is -2.30. The Morgan fingerprint density at radius 1 is 0.906 bits per heavy atom. The summed E-state index contributed by atoms with van der Waals surface area (Å²) in [7, 11) is 0. The number of aromatic amines is 1. The van der Waals surface area contributed by atoms with Crippen LogP contribution in [0.5, 0.6) is 11.5 Å². The molecule has 0 fully saturated rings. The largest absolute Gasteiger partial charge is 0.489 e. The molecule has 32 heavy (non-hydrogen) atoms. The lowest BCUT2D eigenvalue weighted by Gasteiger charge is -2.09. The van der Waals surface area contributed by atoms with Gasteiger partial charge < -0.3 is 19.8 Å². The van der Waals surface area contributed by atoms with E-state index in [9.17, 15) is 4.79 Å². The van der Waals surface area contributed by atoms with Crippen molar-refractivity contribution in [3.63, 3.8) is 0 Å². The van der Waals surface area contributed by atoms with Crippen LogP contribution in [0.1, 0.15) is 22.3 Å². The number of carbonyl (C=O) groups excluding carboxylic acids is 1. The van der Waals surface area contributed by atoms with E-state index >= 15 is 0 Å². The summed E-state index contributed by atoms with van der Waals surface area (Å²) in [5, 5.41) is 4.07. The molecular formula is C27H28N2O3. The molecule has 2 N–H and O–H groups in total. The van der Waals surface area contributed by atoms with Crippen molar-refractivity contribution in [1.29, 1.82) is 0 Å². The predicted octanol–water partition coefficient (Wildman–Crippen LogP) is 5.10. The fraction of sp³-hybridized carbons (Fsp3) is 0.222. The third kappa shape index (κ3) is 5.49. The van der Waals surface area contributed by atoms with Crippen LogP contribution in [0.15, 0.2) is 72.9 Å². The van der Waals surface area contributed by atoms with Crippen molar-refractivity contribution in [1.82, 2.24) is 10.3 Å². The number of amides is 1. The summed E-state index contributed by atoms with van der Waals surface area (Å²) >= 11 is 0. The van der Waals surface area contributed by atoms with E-state index in [1.165, 1.54) is 5.56 Å². The van der Waals surface area contributed by atoms with Crippen molar-refractivity contribution in [3.05, 3.63) is 95.2 Å². The van der Waals surface area contributed by atoms with Gasteiger partial charge in [0.1, 0.15) is 18.1 Å². The minimum atomic E-state index is -0.125. The fourth-order valence-corrected chi connectivity index (χ4v) is 3.54. The van der Waals surface area contributed by atoms with E-state index in [0.717, 1.165) is 39.8 Å². The molecule has 5 heteroatoms. The lowest BCUT2D eigenvalue weighted by atomic mass is 10.1. The van der Waals surface area contributed by atoms with E-state index in [1.54, 1.807) is 0 Å². The molecule has 0 saturated heterocycles. The monoisotopic (exact) mass is 428 g/mol. The maximum absolute atomic E-state index is 12.1. The molecule has 0 spiro atoms. The van der Waals surface area contributed by atoms with Crippen molar-refractivity contribution in [2.45, 2.75) is 26.9 Å². The number of rotatable bonds is 9. The van der Waals surface area contributed by atoms with Crippen LogP contribution in [0.3, 0.4) is 0 Å². The SMILES string of the molecule is Cc1ccc(OCC(=O)NCCc2c[nH]c3cc(OCc4ccccc4)ccc23)cc1C. The number of nitrogens with one attached hydrogen (secondary N) is 2. The third-order valence-corrected chi connectivity index (χ3v) is 5.55. The van der Waals surface area contributed by atoms with Gasteiger partial charge in [0.25, 0.3) is 5.91 Å². The highest BCUT2D eigenvalue weighted by Gasteiger charge is 2.08. The maximum atomic E-state index is 12.1. The number of ether oxygens (including phenoxy) is 2. The van der Waals surface area contributed by atoms with Crippen LogP contribution in [0.25, 0.3) is 10.9 Å². The molecule has 4 rings (SSSR count). The number of carbonyl (C=O) groups is 1. The molecule has 164 valence electrons.